The van der Waals surface area contributed by atoms with E-state index in [1.807, 2.05) is 13.8 Å². The highest BCUT2D eigenvalue weighted by Crippen LogP contribution is 2.25. The maximum Gasteiger partial charge on any atom is 0.0743 e. The molecule has 0 radical (unpaired) electrons. The summed E-state index contributed by atoms with van der Waals surface area (Å²) in [5.74, 6) is 0.785. The molecule has 1 N–H and O–H groups in total. The standard InChI is InChI=1S/C11H23NO/c1-5-11(4,13)8-12-7-6-9(2)10(12)3/h9-10,13H,5-8H2,1-4H3. The SMILES string of the molecule is CCC(C)(O)CN1CCC(C)C1C. The van der Waals surface area contributed by atoms with Crippen LogP contribution in [0, 0.1) is 5.92 Å². The van der Waals surface area contributed by atoms with Crippen molar-refractivity contribution in [2.24, 2.45) is 5.92 Å². The molecule has 1 rings (SSSR count). The highest BCUT2D eigenvalue weighted by Gasteiger charge is 2.31. The molecular formula is C11H23NO. The Bertz CT molecular complexity index is 167. The second-order valence-corrected chi connectivity index (χ2v) is 4.83. The maximum atomic E-state index is 9.95. The molecule has 2 heteroatoms. The van der Waals surface area contributed by atoms with Gasteiger partial charge in [0.1, 0.15) is 0 Å². The van der Waals surface area contributed by atoms with Crippen LogP contribution in [0.2, 0.25) is 0 Å². The van der Waals surface area contributed by atoms with Crippen molar-refractivity contribution in [2.75, 3.05) is 13.1 Å². The summed E-state index contributed by atoms with van der Waals surface area (Å²) >= 11 is 0. The van der Waals surface area contributed by atoms with Crippen molar-refractivity contribution in [1.82, 2.24) is 4.90 Å². The van der Waals surface area contributed by atoms with Crippen LogP contribution < -0.4 is 0 Å². The Morgan fingerprint density at radius 2 is 2.08 bits per heavy atom. The summed E-state index contributed by atoms with van der Waals surface area (Å²) < 4.78 is 0. The monoisotopic (exact) mass is 185 g/mol. The molecular weight excluding hydrogens is 162 g/mol. The lowest BCUT2D eigenvalue weighted by Gasteiger charge is -2.31. The minimum Gasteiger partial charge on any atom is -0.389 e. The van der Waals surface area contributed by atoms with E-state index < -0.39 is 5.60 Å². The lowest BCUT2D eigenvalue weighted by molar-refractivity contribution is 0.0125. The van der Waals surface area contributed by atoms with Crippen molar-refractivity contribution in [3.63, 3.8) is 0 Å². The average Bonchev–Trinajstić information content (AvgIpc) is 2.36. The zero-order valence-electron chi connectivity index (χ0n) is 9.38. The van der Waals surface area contributed by atoms with E-state index in [-0.39, 0.29) is 0 Å². The lowest BCUT2D eigenvalue weighted by atomic mass is 10.0. The Labute approximate surface area is 81.9 Å². The van der Waals surface area contributed by atoms with Crippen LogP contribution in [0.5, 0.6) is 0 Å². The van der Waals surface area contributed by atoms with E-state index in [9.17, 15) is 5.11 Å². The second-order valence-electron chi connectivity index (χ2n) is 4.83. The molecule has 0 bridgehead atoms. The van der Waals surface area contributed by atoms with E-state index in [1.54, 1.807) is 0 Å². The topological polar surface area (TPSA) is 23.5 Å². The van der Waals surface area contributed by atoms with Crippen molar-refractivity contribution in [1.29, 1.82) is 0 Å². The van der Waals surface area contributed by atoms with Crippen LogP contribution >= 0.6 is 0 Å². The summed E-state index contributed by atoms with van der Waals surface area (Å²) in [5, 5.41) is 9.95. The number of likely N-dealkylation sites (tertiary alicyclic amines) is 1. The van der Waals surface area contributed by atoms with Gasteiger partial charge in [0.05, 0.1) is 5.60 Å². The van der Waals surface area contributed by atoms with Gasteiger partial charge < -0.3 is 5.11 Å². The Morgan fingerprint density at radius 3 is 2.46 bits per heavy atom. The van der Waals surface area contributed by atoms with E-state index in [4.69, 9.17) is 0 Å². The van der Waals surface area contributed by atoms with Crippen LogP contribution in [0.1, 0.15) is 40.5 Å². The van der Waals surface area contributed by atoms with Gasteiger partial charge in [-0.2, -0.15) is 0 Å². The maximum absolute atomic E-state index is 9.95. The third-order valence-electron chi connectivity index (χ3n) is 3.58. The van der Waals surface area contributed by atoms with Gasteiger partial charge in [0.25, 0.3) is 0 Å². The van der Waals surface area contributed by atoms with Gasteiger partial charge in [-0.1, -0.05) is 13.8 Å². The number of nitrogens with zero attached hydrogens (tertiary/aromatic N) is 1. The predicted molar refractivity (Wildman–Crippen MR) is 55.7 cm³/mol. The fourth-order valence-electron chi connectivity index (χ4n) is 1.95. The molecule has 1 aliphatic heterocycles. The predicted octanol–water partition coefficient (Wildman–Crippen LogP) is 1.88. The fourth-order valence-corrected chi connectivity index (χ4v) is 1.95. The first-order chi connectivity index (χ1) is 5.96. The molecule has 2 nitrogen and oxygen atoms in total. The van der Waals surface area contributed by atoms with Crippen molar-refractivity contribution in [3.8, 4) is 0 Å². The van der Waals surface area contributed by atoms with Crippen LogP contribution in [-0.4, -0.2) is 34.7 Å². The molecule has 0 amide bonds. The van der Waals surface area contributed by atoms with E-state index in [2.05, 4.69) is 18.7 Å². The molecule has 1 heterocycles. The van der Waals surface area contributed by atoms with Crippen LogP contribution in [0.4, 0.5) is 0 Å². The first kappa shape index (κ1) is 11.0. The molecule has 13 heavy (non-hydrogen) atoms. The summed E-state index contributed by atoms with van der Waals surface area (Å²) in [7, 11) is 0. The lowest BCUT2D eigenvalue weighted by Crippen LogP contribution is -2.42. The van der Waals surface area contributed by atoms with Gasteiger partial charge in [-0.15, -0.1) is 0 Å². The fraction of sp³-hybridized carbons (Fsp3) is 1.00. The molecule has 0 aromatic carbocycles. The molecule has 0 spiro atoms. The van der Waals surface area contributed by atoms with E-state index >= 15 is 0 Å². The van der Waals surface area contributed by atoms with E-state index in [0.717, 1.165) is 25.4 Å². The van der Waals surface area contributed by atoms with Gasteiger partial charge in [0.15, 0.2) is 0 Å². The highest BCUT2D eigenvalue weighted by atomic mass is 16.3. The molecule has 0 saturated carbocycles. The summed E-state index contributed by atoms with van der Waals surface area (Å²) in [4.78, 5) is 2.41. The molecule has 3 atom stereocenters. The van der Waals surface area contributed by atoms with Crippen LogP contribution in [0.25, 0.3) is 0 Å². The molecule has 78 valence electrons. The molecule has 0 aromatic heterocycles. The molecule has 3 unspecified atom stereocenters. The van der Waals surface area contributed by atoms with Crippen LogP contribution in [0.15, 0.2) is 0 Å². The largest absolute Gasteiger partial charge is 0.389 e. The van der Waals surface area contributed by atoms with Crippen molar-refractivity contribution >= 4 is 0 Å². The number of β-amino-alcohol motifs (C(OH)–C–C–N with tert-alkyl or cyclic N) is 1. The number of hydrogen-bond donors (Lipinski definition) is 1. The van der Waals surface area contributed by atoms with Crippen molar-refractivity contribution < 1.29 is 5.11 Å². The minimum atomic E-state index is -0.502. The molecule has 1 fully saturated rings. The first-order valence-corrected chi connectivity index (χ1v) is 5.42. The summed E-state index contributed by atoms with van der Waals surface area (Å²) in [6.07, 6.45) is 2.12. The highest BCUT2D eigenvalue weighted by molar-refractivity contribution is 4.86. The smallest absolute Gasteiger partial charge is 0.0743 e. The second kappa shape index (κ2) is 3.97. The quantitative estimate of drug-likeness (QED) is 0.725. The normalized spacial score (nSPS) is 34.8. The Kier molecular flexibility index (Phi) is 3.36. The third kappa shape index (κ3) is 2.68. The molecule has 0 aromatic rings. The third-order valence-corrected chi connectivity index (χ3v) is 3.58. The molecule has 0 aliphatic carbocycles. The van der Waals surface area contributed by atoms with Gasteiger partial charge in [-0.3, -0.25) is 4.90 Å². The van der Waals surface area contributed by atoms with Crippen LogP contribution in [0.3, 0.4) is 0 Å². The van der Waals surface area contributed by atoms with Gasteiger partial charge in [0, 0.05) is 12.6 Å². The zero-order valence-corrected chi connectivity index (χ0v) is 9.38. The molecule has 1 aliphatic rings. The summed E-state index contributed by atoms with van der Waals surface area (Å²) in [5.41, 5.74) is -0.502. The average molecular weight is 185 g/mol. The molecule has 1 saturated heterocycles. The Balaban J connectivity index is 2.46. The van der Waals surface area contributed by atoms with Crippen molar-refractivity contribution in [3.05, 3.63) is 0 Å². The summed E-state index contributed by atoms with van der Waals surface area (Å²) in [6, 6.07) is 0.637. The first-order valence-electron chi connectivity index (χ1n) is 5.42. The van der Waals surface area contributed by atoms with Crippen LogP contribution in [-0.2, 0) is 0 Å². The summed E-state index contributed by atoms with van der Waals surface area (Å²) in [6.45, 7) is 10.5. The Hall–Kier alpha value is -0.0800. The minimum absolute atomic E-state index is 0.502. The van der Waals surface area contributed by atoms with E-state index in [0.29, 0.717) is 6.04 Å². The van der Waals surface area contributed by atoms with Gasteiger partial charge in [-0.05, 0) is 39.2 Å². The number of aliphatic hydroxyl groups is 1. The Morgan fingerprint density at radius 1 is 1.46 bits per heavy atom. The van der Waals surface area contributed by atoms with Gasteiger partial charge >= 0.3 is 0 Å². The number of rotatable bonds is 3. The zero-order chi connectivity index (χ0) is 10.1. The van der Waals surface area contributed by atoms with Crippen molar-refractivity contribution in [2.45, 2.75) is 52.2 Å². The number of hydrogen-bond acceptors (Lipinski definition) is 2. The van der Waals surface area contributed by atoms with E-state index in [1.165, 1.54) is 6.42 Å². The van der Waals surface area contributed by atoms with Gasteiger partial charge in [0.2, 0.25) is 0 Å². The van der Waals surface area contributed by atoms with Gasteiger partial charge in [-0.25, -0.2) is 0 Å².